The Balaban J connectivity index is 0.000000444. The van der Waals surface area contributed by atoms with Gasteiger partial charge in [-0.3, -0.25) is 10.1 Å². The highest BCUT2D eigenvalue weighted by Gasteiger charge is 2.05. The lowest BCUT2D eigenvalue weighted by Crippen LogP contribution is -1.86. The van der Waals surface area contributed by atoms with Gasteiger partial charge in [-0.2, -0.15) is 0 Å². The zero-order valence-corrected chi connectivity index (χ0v) is 50.4. The molecule has 412 valence electrons. The number of fused-ring (bicyclic) bond motifs is 6. The highest BCUT2D eigenvalue weighted by atomic mass is 16.6. The van der Waals surface area contributed by atoms with Gasteiger partial charge in [0.05, 0.1) is 4.92 Å². The first kappa shape index (κ1) is 67.0. The number of nitrogens with one attached hydrogen (secondary N) is 6. The van der Waals surface area contributed by atoms with Crippen LogP contribution >= 0.6 is 0 Å². The molecule has 0 bridgehead atoms. The maximum absolute atomic E-state index is 10.4. The van der Waals surface area contributed by atoms with Gasteiger partial charge in [0.1, 0.15) is 0 Å². The summed E-state index contributed by atoms with van der Waals surface area (Å²) < 4.78 is 0. The average Bonchev–Trinajstić information content (AvgIpc) is 4.34. The van der Waals surface area contributed by atoms with Crippen molar-refractivity contribution in [3.8, 4) is 0 Å². The SMILES string of the molecule is CC.CC.CC.CC.CC.CC.Cc1cc(C)c2[nH]ccc2c1.Cc1cc2cc[nH]c2cc1C.Cc1ccc2[nH]ccc2c1.Cc1ccc2[nH]ccc2c1.Cc1ccc2[nH]ccc2c1C.O=[N+]([O-])c1ccc2[nH]ccc2c1. The van der Waals surface area contributed by atoms with Crippen LogP contribution in [0.5, 0.6) is 0 Å². The largest absolute Gasteiger partial charge is 0.361 e. The van der Waals surface area contributed by atoms with E-state index in [-0.39, 0.29) is 5.69 Å². The number of non-ortho nitro benzene ring substituents is 1. The lowest BCUT2D eigenvalue weighted by atomic mass is 10.1. The van der Waals surface area contributed by atoms with Crippen LogP contribution in [0.4, 0.5) is 5.69 Å². The van der Waals surface area contributed by atoms with Crippen LogP contribution in [0.1, 0.15) is 128 Å². The Labute approximate surface area is 461 Å². The molecule has 6 aromatic heterocycles. The third kappa shape index (κ3) is 20.5. The Morgan fingerprint density at radius 1 is 0.312 bits per heavy atom. The zero-order chi connectivity index (χ0) is 58.0. The second kappa shape index (κ2) is 36.8. The van der Waals surface area contributed by atoms with Gasteiger partial charge in [-0.05, 0) is 196 Å². The lowest BCUT2D eigenvalue weighted by Gasteiger charge is -1.99. The standard InChI is InChI=1S/3C10H11N.2C9H9N.C8H6N2O2.6C2H6/c1-7-5-9-3-4-11-10(9)6-8(7)2;1-7-5-8(2)10-9(6-7)3-4-11-10;1-7-3-4-10-9(8(7)2)5-6-11-10;2*1-7-2-3-9-8(6-7)4-5-10-9;11-10(12)7-1-2-8-6(5-7)3-4-9-8;6*1-2/h3*3-6,11H,1-2H3;2*2-6,10H,1H3;1-5,9H;6*1-2H3. The summed E-state index contributed by atoms with van der Waals surface area (Å²) in [6, 6.07) is 42.9. The molecule has 0 aliphatic heterocycles. The molecule has 0 spiro atoms. The predicted molar refractivity (Wildman–Crippen MR) is 342 cm³/mol. The first-order chi connectivity index (χ1) is 37.3. The molecule has 77 heavy (non-hydrogen) atoms. The monoisotopic (exact) mass is 1040 g/mol. The number of aromatic nitrogens is 6. The molecular weight excluding hydrogens is 947 g/mol. The van der Waals surface area contributed by atoms with E-state index in [4.69, 9.17) is 0 Å². The van der Waals surface area contributed by atoms with Crippen molar-refractivity contribution < 1.29 is 4.92 Å². The summed E-state index contributed by atoms with van der Waals surface area (Å²) in [5.41, 5.74) is 17.9. The molecule has 0 aliphatic carbocycles. The van der Waals surface area contributed by atoms with Crippen LogP contribution in [0, 0.1) is 65.5 Å². The van der Waals surface area contributed by atoms with Gasteiger partial charge in [-0.1, -0.05) is 124 Å². The Morgan fingerprint density at radius 2 is 0.688 bits per heavy atom. The number of aromatic amines is 6. The first-order valence-electron chi connectivity index (χ1n) is 27.7. The second-order valence-electron chi connectivity index (χ2n) is 16.6. The summed E-state index contributed by atoms with van der Waals surface area (Å²) in [6.07, 6.45) is 11.6. The van der Waals surface area contributed by atoms with Crippen LogP contribution in [0.15, 0.2) is 165 Å². The van der Waals surface area contributed by atoms with Crippen LogP contribution in [-0.4, -0.2) is 34.8 Å². The molecule has 0 atom stereocenters. The Bertz CT molecular complexity index is 3370. The fourth-order valence-electron chi connectivity index (χ4n) is 7.76. The fraction of sp³-hybridized carbons (Fsp3) is 0.294. The predicted octanol–water partition coefficient (Wildman–Crippen LogP) is 21.5. The average molecular weight is 1040 g/mol. The van der Waals surface area contributed by atoms with Crippen molar-refractivity contribution in [1.82, 2.24) is 29.9 Å². The van der Waals surface area contributed by atoms with Crippen LogP contribution < -0.4 is 0 Å². The van der Waals surface area contributed by atoms with E-state index < -0.39 is 4.92 Å². The van der Waals surface area contributed by atoms with Gasteiger partial charge in [0.2, 0.25) is 0 Å². The van der Waals surface area contributed by atoms with Crippen molar-refractivity contribution >= 4 is 71.1 Å². The summed E-state index contributed by atoms with van der Waals surface area (Å²) >= 11 is 0. The molecule has 0 saturated heterocycles. The number of nitro groups is 1. The van der Waals surface area contributed by atoms with E-state index in [1.807, 2.05) is 120 Å². The van der Waals surface area contributed by atoms with E-state index in [1.165, 1.54) is 105 Å². The van der Waals surface area contributed by atoms with Crippen LogP contribution in [-0.2, 0) is 0 Å². The van der Waals surface area contributed by atoms with Gasteiger partial charge in [-0.15, -0.1) is 0 Å². The number of rotatable bonds is 1. The molecular formula is C68H93N7O2. The van der Waals surface area contributed by atoms with E-state index >= 15 is 0 Å². The molecule has 9 heteroatoms. The van der Waals surface area contributed by atoms with E-state index in [0.29, 0.717) is 0 Å². The number of benzene rings is 6. The third-order valence-electron chi connectivity index (χ3n) is 11.6. The molecule has 0 saturated carbocycles. The van der Waals surface area contributed by atoms with Gasteiger partial charge in [0, 0.05) is 93.2 Å². The molecule has 6 N–H and O–H groups in total. The quantitative estimate of drug-likeness (QED) is 0.0721. The number of nitro benzene ring substituents is 1. The van der Waals surface area contributed by atoms with Crippen LogP contribution in [0.25, 0.3) is 65.4 Å². The van der Waals surface area contributed by atoms with E-state index in [0.717, 1.165) is 10.9 Å². The van der Waals surface area contributed by atoms with Gasteiger partial charge >= 0.3 is 0 Å². The smallest absolute Gasteiger partial charge is 0.270 e. The molecule has 6 aromatic carbocycles. The summed E-state index contributed by atoms with van der Waals surface area (Å²) in [4.78, 5) is 28.8. The summed E-state index contributed by atoms with van der Waals surface area (Å²) in [5, 5.41) is 17.8. The maximum Gasteiger partial charge on any atom is 0.270 e. The summed E-state index contributed by atoms with van der Waals surface area (Å²) in [6.45, 7) is 41.0. The third-order valence-corrected chi connectivity index (χ3v) is 11.6. The minimum absolute atomic E-state index is 0.127. The topological polar surface area (TPSA) is 138 Å². The number of H-pyrrole nitrogens is 6. The van der Waals surface area contributed by atoms with Crippen LogP contribution in [0.2, 0.25) is 0 Å². The maximum atomic E-state index is 10.4. The van der Waals surface area contributed by atoms with Crippen molar-refractivity contribution in [2.24, 2.45) is 0 Å². The number of hydrogen-bond acceptors (Lipinski definition) is 2. The molecule has 9 nitrogen and oxygen atoms in total. The van der Waals surface area contributed by atoms with Gasteiger partial charge in [0.25, 0.3) is 5.69 Å². The molecule has 0 radical (unpaired) electrons. The lowest BCUT2D eigenvalue weighted by molar-refractivity contribution is -0.384. The number of aryl methyl sites for hydroxylation is 8. The van der Waals surface area contributed by atoms with Gasteiger partial charge in [-0.25, -0.2) is 0 Å². The highest BCUT2D eigenvalue weighted by Crippen LogP contribution is 2.22. The van der Waals surface area contributed by atoms with Crippen LogP contribution in [0.3, 0.4) is 0 Å². The minimum atomic E-state index is -0.396. The number of hydrogen-bond donors (Lipinski definition) is 6. The summed E-state index contributed by atoms with van der Waals surface area (Å²) in [7, 11) is 0. The highest BCUT2D eigenvalue weighted by molar-refractivity contribution is 5.85. The first-order valence-corrected chi connectivity index (χ1v) is 27.7. The van der Waals surface area contributed by atoms with E-state index in [1.54, 1.807) is 18.3 Å². The normalized spacial score (nSPS) is 9.40. The molecule has 0 amide bonds. The van der Waals surface area contributed by atoms with E-state index in [9.17, 15) is 10.1 Å². The molecule has 0 fully saturated rings. The zero-order valence-electron chi connectivity index (χ0n) is 50.4. The molecule has 0 aliphatic rings. The molecule has 12 rings (SSSR count). The molecule has 0 unspecified atom stereocenters. The fourth-order valence-corrected chi connectivity index (χ4v) is 7.76. The van der Waals surface area contributed by atoms with Gasteiger partial charge < -0.3 is 29.9 Å². The van der Waals surface area contributed by atoms with Crippen molar-refractivity contribution in [1.29, 1.82) is 0 Å². The van der Waals surface area contributed by atoms with E-state index in [2.05, 4.69) is 188 Å². The van der Waals surface area contributed by atoms with Crippen molar-refractivity contribution in [3.63, 3.8) is 0 Å². The van der Waals surface area contributed by atoms with Gasteiger partial charge in [0.15, 0.2) is 0 Å². The molecule has 6 heterocycles. The number of nitrogens with zero attached hydrogens (tertiary/aromatic N) is 1. The van der Waals surface area contributed by atoms with Crippen molar-refractivity contribution in [2.45, 2.75) is 138 Å². The summed E-state index contributed by atoms with van der Waals surface area (Å²) in [5.74, 6) is 0. The Hall–Kier alpha value is -8.04. The van der Waals surface area contributed by atoms with Crippen molar-refractivity contribution in [2.75, 3.05) is 0 Å². The molecule has 12 aromatic rings. The van der Waals surface area contributed by atoms with Crippen molar-refractivity contribution in [3.05, 3.63) is 219 Å². The Kier molecular flexibility index (Phi) is 32.0. The second-order valence-corrected chi connectivity index (χ2v) is 16.6. The minimum Gasteiger partial charge on any atom is -0.361 e. The Morgan fingerprint density at radius 3 is 1.19 bits per heavy atom.